The number of amides is 2. The molecule has 122 valence electrons. The molecule has 0 aromatic heterocycles. The fourth-order valence-electron chi connectivity index (χ4n) is 3.27. The van der Waals surface area contributed by atoms with Crippen LogP contribution in [0.4, 0.5) is 5.69 Å². The normalized spacial score (nSPS) is 25.5. The lowest BCUT2D eigenvalue weighted by molar-refractivity contribution is -0.129. The number of imide groups is 1. The molecule has 2 fully saturated rings. The van der Waals surface area contributed by atoms with E-state index in [1.807, 2.05) is 54.6 Å². The fourth-order valence-corrected chi connectivity index (χ4v) is 3.27. The van der Waals surface area contributed by atoms with Gasteiger partial charge in [0.15, 0.2) is 6.10 Å². The largest absolute Gasteiger partial charge is 0.497 e. The minimum Gasteiger partial charge on any atom is -0.497 e. The van der Waals surface area contributed by atoms with Gasteiger partial charge in [-0.25, -0.2) is 5.06 Å². The molecule has 4 rings (SSSR count). The number of benzene rings is 2. The van der Waals surface area contributed by atoms with Crippen molar-refractivity contribution in [1.29, 1.82) is 0 Å². The fraction of sp³-hybridized carbons (Fsp3) is 0.222. The van der Waals surface area contributed by atoms with Gasteiger partial charge >= 0.3 is 0 Å². The summed E-state index contributed by atoms with van der Waals surface area (Å²) in [7, 11) is 1.60. The van der Waals surface area contributed by atoms with E-state index in [1.54, 1.807) is 12.2 Å². The van der Waals surface area contributed by atoms with Gasteiger partial charge in [0, 0.05) is 0 Å². The molecule has 2 aromatic rings. The minimum absolute atomic E-state index is 0.302. The summed E-state index contributed by atoms with van der Waals surface area (Å²) in [6, 6.07) is 16.5. The Labute approximate surface area is 138 Å². The second-order valence-electron chi connectivity index (χ2n) is 5.78. The molecule has 0 spiro atoms. The van der Waals surface area contributed by atoms with Gasteiger partial charge in [-0.15, -0.1) is 0 Å². The van der Waals surface area contributed by atoms with Crippen LogP contribution in [0.1, 0.15) is 11.6 Å². The molecule has 0 radical (unpaired) electrons. The highest BCUT2D eigenvalue weighted by Gasteiger charge is 2.56. The van der Waals surface area contributed by atoms with E-state index in [-0.39, 0.29) is 17.9 Å². The number of fused-ring (bicyclic) bond motifs is 1. The maximum Gasteiger partial charge on any atom is 0.259 e. The number of methoxy groups -OCH3 is 1. The van der Waals surface area contributed by atoms with Gasteiger partial charge in [0.25, 0.3) is 5.91 Å². The summed E-state index contributed by atoms with van der Waals surface area (Å²) in [6.45, 7) is 0. The van der Waals surface area contributed by atoms with Gasteiger partial charge in [-0.05, 0) is 29.8 Å². The first-order valence-corrected chi connectivity index (χ1v) is 7.69. The zero-order valence-electron chi connectivity index (χ0n) is 13.0. The van der Waals surface area contributed by atoms with Crippen LogP contribution in [0, 0.1) is 5.92 Å². The SMILES string of the molecule is COc1ccc([C@@H]2[C@@H]3C(=O)NC(=O)[C@H]3ON2c2ccccc2)cc1. The van der Waals surface area contributed by atoms with Crippen LogP contribution >= 0.6 is 0 Å². The van der Waals surface area contributed by atoms with Crippen molar-refractivity contribution in [3.8, 4) is 5.75 Å². The molecule has 0 saturated carbocycles. The lowest BCUT2D eigenvalue weighted by Gasteiger charge is -2.27. The van der Waals surface area contributed by atoms with Crippen LogP contribution in [0.15, 0.2) is 54.6 Å². The van der Waals surface area contributed by atoms with Crippen LogP contribution in [0.3, 0.4) is 0 Å². The van der Waals surface area contributed by atoms with Gasteiger partial charge in [-0.3, -0.25) is 19.7 Å². The van der Waals surface area contributed by atoms with Crippen LogP contribution in [0.5, 0.6) is 5.75 Å². The smallest absolute Gasteiger partial charge is 0.259 e. The third kappa shape index (κ3) is 2.23. The van der Waals surface area contributed by atoms with E-state index < -0.39 is 12.0 Å². The maximum absolute atomic E-state index is 12.3. The first-order valence-electron chi connectivity index (χ1n) is 7.69. The third-order valence-electron chi connectivity index (χ3n) is 4.42. The lowest BCUT2D eigenvalue weighted by Crippen LogP contribution is -2.33. The average Bonchev–Trinajstić information content (AvgIpc) is 3.14. The van der Waals surface area contributed by atoms with E-state index in [2.05, 4.69) is 5.32 Å². The Morgan fingerprint density at radius 3 is 2.38 bits per heavy atom. The number of hydrogen-bond acceptors (Lipinski definition) is 5. The molecule has 2 saturated heterocycles. The topological polar surface area (TPSA) is 67.9 Å². The van der Waals surface area contributed by atoms with Gasteiger partial charge < -0.3 is 4.74 Å². The van der Waals surface area contributed by atoms with Gasteiger partial charge in [-0.1, -0.05) is 30.3 Å². The van der Waals surface area contributed by atoms with Crippen LogP contribution < -0.4 is 15.1 Å². The molecular weight excluding hydrogens is 308 g/mol. The Kier molecular flexibility index (Phi) is 3.46. The Morgan fingerprint density at radius 1 is 1.00 bits per heavy atom. The van der Waals surface area contributed by atoms with Gasteiger partial charge in [0.05, 0.1) is 18.8 Å². The molecule has 24 heavy (non-hydrogen) atoms. The Morgan fingerprint density at radius 2 is 1.71 bits per heavy atom. The van der Waals surface area contributed by atoms with Crippen LogP contribution in [0.25, 0.3) is 0 Å². The van der Waals surface area contributed by atoms with E-state index >= 15 is 0 Å². The van der Waals surface area contributed by atoms with E-state index in [0.717, 1.165) is 17.0 Å². The number of anilines is 1. The molecule has 1 N–H and O–H groups in total. The molecule has 2 aliphatic heterocycles. The second kappa shape index (κ2) is 5.65. The van der Waals surface area contributed by atoms with Crippen molar-refractivity contribution in [2.45, 2.75) is 12.1 Å². The number of carbonyl (C=O) groups is 2. The molecule has 2 aromatic carbocycles. The van der Waals surface area contributed by atoms with Gasteiger partial charge in [-0.2, -0.15) is 0 Å². The number of hydroxylamine groups is 1. The molecule has 6 heteroatoms. The third-order valence-corrected chi connectivity index (χ3v) is 4.42. The molecule has 0 bridgehead atoms. The summed E-state index contributed by atoms with van der Waals surface area (Å²) in [6.07, 6.45) is -0.801. The summed E-state index contributed by atoms with van der Waals surface area (Å²) >= 11 is 0. The maximum atomic E-state index is 12.3. The summed E-state index contributed by atoms with van der Waals surface area (Å²) in [5.74, 6) is -0.537. The van der Waals surface area contributed by atoms with Crippen molar-refractivity contribution < 1.29 is 19.2 Å². The Hall–Kier alpha value is -2.86. The number of nitrogens with one attached hydrogen (secondary N) is 1. The molecule has 2 heterocycles. The number of rotatable bonds is 3. The number of carbonyl (C=O) groups excluding carboxylic acids is 2. The van der Waals surface area contributed by atoms with E-state index in [1.165, 1.54) is 0 Å². The van der Waals surface area contributed by atoms with Crippen molar-refractivity contribution in [3.63, 3.8) is 0 Å². The monoisotopic (exact) mass is 324 g/mol. The van der Waals surface area contributed by atoms with Gasteiger partial charge in [0.2, 0.25) is 5.91 Å². The molecule has 2 amide bonds. The van der Waals surface area contributed by atoms with Gasteiger partial charge in [0.1, 0.15) is 11.7 Å². The molecule has 0 aliphatic carbocycles. The Balaban J connectivity index is 1.78. The predicted octanol–water partition coefficient (Wildman–Crippen LogP) is 1.83. The number of ether oxygens (including phenoxy) is 1. The minimum atomic E-state index is -0.801. The summed E-state index contributed by atoms with van der Waals surface area (Å²) in [5.41, 5.74) is 1.69. The van der Waals surface area contributed by atoms with Crippen LogP contribution in [-0.2, 0) is 14.4 Å². The van der Waals surface area contributed by atoms with E-state index in [9.17, 15) is 9.59 Å². The molecule has 0 unspecified atom stereocenters. The zero-order chi connectivity index (χ0) is 16.7. The number of para-hydroxylation sites is 1. The van der Waals surface area contributed by atoms with Crippen molar-refractivity contribution >= 4 is 17.5 Å². The van der Waals surface area contributed by atoms with E-state index in [0.29, 0.717) is 0 Å². The summed E-state index contributed by atoms with van der Waals surface area (Å²) < 4.78 is 5.19. The molecule has 6 nitrogen and oxygen atoms in total. The predicted molar refractivity (Wildman–Crippen MR) is 86.2 cm³/mol. The second-order valence-corrected chi connectivity index (χ2v) is 5.78. The quantitative estimate of drug-likeness (QED) is 0.873. The zero-order valence-corrected chi connectivity index (χ0v) is 13.0. The van der Waals surface area contributed by atoms with Crippen LogP contribution in [0.2, 0.25) is 0 Å². The molecule has 2 aliphatic rings. The van der Waals surface area contributed by atoms with Crippen molar-refractivity contribution in [2.75, 3.05) is 12.2 Å². The highest BCUT2D eigenvalue weighted by atomic mass is 16.7. The summed E-state index contributed by atoms with van der Waals surface area (Å²) in [4.78, 5) is 30.2. The first-order chi connectivity index (χ1) is 11.7. The van der Waals surface area contributed by atoms with Crippen molar-refractivity contribution in [1.82, 2.24) is 5.32 Å². The summed E-state index contributed by atoms with van der Waals surface area (Å²) in [5, 5.41) is 4.02. The molecule has 3 atom stereocenters. The van der Waals surface area contributed by atoms with E-state index in [4.69, 9.17) is 9.57 Å². The van der Waals surface area contributed by atoms with Crippen LogP contribution in [-0.4, -0.2) is 25.0 Å². The Bertz CT molecular complexity index is 775. The van der Waals surface area contributed by atoms with Crippen molar-refractivity contribution in [3.05, 3.63) is 60.2 Å². The number of nitrogens with zero attached hydrogens (tertiary/aromatic N) is 1. The molecular formula is C18H16N2O4. The van der Waals surface area contributed by atoms with Crippen molar-refractivity contribution in [2.24, 2.45) is 5.92 Å². The standard InChI is InChI=1S/C18H16N2O4/c1-23-13-9-7-11(8-10-13)15-14-16(18(22)19-17(14)21)24-20(15)12-5-3-2-4-6-12/h2-10,14-16H,1H3,(H,19,21,22)/t14-,15+,16-/m0/s1. The number of hydrogen-bond donors (Lipinski definition) is 1. The highest BCUT2D eigenvalue weighted by Crippen LogP contribution is 2.44. The highest BCUT2D eigenvalue weighted by molar-refractivity contribution is 6.07. The first kappa shape index (κ1) is 14.7. The average molecular weight is 324 g/mol. The lowest BCUT2D eigenvalue weighted by atomic mass is 9.90.